The number of rotatable bonds is 4. The van der Waals surface area contributed by atoms with Crippen molar-refractivity contribution in [3.05, 3.63) is 18.2 Å². The van der Waals surface area contributed by atoms with Crippen molar-refractivity contribution >= 4 is 11.4 Å². The highest BCUT2D eigenvalue weighted by Gasteiger charge is 2.17. The molecule has 0 bridgehead atoms. The fraction of sp³-hybridized carbons (Fsp3) is 0.538. The zero-order valence-electron chi connectivity index (χ0n) is 11.0. The van der Waals surface area contributed by atoms with Crippen molar-refractivity contribution in [2.75, 3.05) is 51.4 Å². The molecular formula is C13H21N3O2. The van der Waals surface area contributed by atoms with Gasteiger partial charge in [0, 0.05) is 43.1 Å². The van der Waals surface area contributed by atoms with Crippen LogP contribution < -0.4 is 15.8 Å². The van der Waals surface area contributed by atoms with Gasteiger partial charge in [0.1, 0.15) is 5.75 Å². The fourth-order valence-electron chi connectivity index (χ4n) is 2.06. The van der Waals surface area contributed by atoms with Crippen molar-refractivity contribution in [1.29, 1.82) is 0 Å². The first-order valence-electron chi connectivity index (χ1n) is 6.16. The van der Waals surface area contributed by atoms with Crippen molar-refractivity contribution in [2.45, 2.75) is 6.10 Å². The largest absolute Gasteiger partial charge is 0.497 e. The lowest BCUT2D eigenvalue weighted by atomic mass is 10.2. The fourth-order valence-corrected chi connectivity index (χ4v) is 2.06. The third-order valence-electron chi connectivity index (χ3n) is 3.04. The van der Waals surface area contributed by atoms with Gasteiger partial charge in [0.15, 0.2) is 0 Å². The summed E-state index contributed by atoms with van der Waals surface area (Å²) in [4.78, 5) is 2.27. The number of anilines is 2. The SMILES string of the molecule is COc1cc(N)cc(NCC2CN(C)CCO2)c1. The van der Waals surface area contributed by atoms with Gasteiger partial charge in [-0.1, -0.05) is 0 Å². The van der Waals surface area contributed by atoms with E-state index in [0.717, 1.165) is 37.7 Å². The first kappa shape index (κ1) is 13.0. The Morgan fingerprint density at radius 2 is 2.33 bits per heavy atom. The summed E-state index contributed by atoms with van der Waals surface area (Å²) in [7, 11) is 3.75. The van der Waals surface area contributed by atoms with Crippen LogP contribution in [0.1, 0.15) is 0 Å². The van der Waals surface area contributed by atoms with Crippen LogP contribution in [0.4, 0.5) is 11.4 Å². The number of nitrogens with two attached hydrogens (primary N) is 1. The molecule has 5 heteroatoms. The Morgan fingerprint density at radius 1 is 1.50 bits per heavy atom. The molecule has 18 heavy (non-hydrogen) atoms. The van der Waals surface area contributed by atoms with E-state index in [9.17, 15) is 0 Å². The smallest absolute Gasteiger partial charge is 0.122 e. The lowest BCUT2D eigenvalue weighted by molar-refractivity contribution is -0.0117. The number of hydrogen-bond donors (Lipinski definition) is 2. The molecule has 0 radical (unpaired) electrons. The van der Waals surface area contributed by atoms with Crippen LogP contribution in [-0.4, -0.2) is 51.4 Å². The van der Waals surface area contributed by atoms with Gasteiger partial charge in [-0.2, -0.15) is 0 Å². The van der Waals surface area contributed by atoms with Gasteiger partial charge in [0.2, 0.25) is 0 Å². The second kappa shape index (κ2) is 5.93. The van der Waals surface area contributed by atoms with Gasteiger partial charge in [-0.3, -0.25) is 0 Å². The summed E-state index contributed by atoms with van der Waals surface area (Å²) in [5.74, 6) is 0.763. The molecular weight excluding hydrogens is 230 g/mol. The van der Waals surface area contributed by atoms with Gasteiger partial charge in [-0.25, -0.2) is 0 Å². The van der Waals surface area contributed by atoms with E-state index < -0.39 is 0 Å². The predicted octanol–water partition coefficient (Wildman–Crippen LogP) is 1.02. The molecule has 1 heterocycles. The van der Waals surface area contributed by atoms with E-state index in [1.54, 1.807) is 13.2 Å². The lowest BCUT2D eigenvalue weighted by Gasteiger charge is -2.30. The Morgan fingerprint density at radius 3 is 3.06 bits per heavy atom. The van der Waals surface area contributed by atoms with E-state index in [2.05, 4.69) is 17.3 Å². The van der Waals surface area contributed by atoms with Crippen molar-refractivity contribution < 1.29 is 9.47 Å². The van der Waals surface area contributed by atoms with Gasteiger partial charge in [-0.15, -0.1) is 0 Å². The molecule has 0 amide bonds. The molecule has 0 saturated carbocycles. The number of likely N-dealkylation sites (N-methyl/N-ethyl adjacent to an activating group) is 1. The van der Waals surface area contributed by atoms with Crippen LogP contribution >= 0.6 is 0 Å². The molecule has 3 N–H and O–H groups in total. The molecule has 1 unspecified atom stereocenters. The van der Waals surface area contributed by atoms with Gasteiger partial charge < -0.3 is 25.4 Å². The molecule has 1 fully saturated rings. The summed E-state index contributed by atoms with van der Waals surface area (Å²) in [6, 6.07) is 5.63. The molecule has 1 atom stereocenters. The molecule has 0 aromatic heterocycles. The molecule has 100 valence electrons. The van der Waals surface area contributed by atoms with Crippen molar-refractivity contribution in [2.24, 2.45) is 0 Å². The molecule has 1 aromatic rings. The maximum Gasteiger partial charge on any atom is 0.122 e. The van der Waals surface area contributed by atoms with Crippen LogP contribution in [0, 0.1) is 0 Å². The molecule has 1 aliphatic heterocycles. The number of morpholine rings is 1. The zero-order chi connectivity index (χ0) is 13.0. The number of ether oxygens (including phenoxy) is 2. The molecule has 0 spiro atoms. The number of nitrogens with one attached hydrogen (secondary N) is 1. The molecule has 1 saturated heterocycles. The van der Waals surface area contributed by atoms with Gasteiger partial charge in [-0.05, 0) is 13.1 Å². The quantitative estimate of drug-likeness (QED) is 0.782. The van der Waals surface area contributed by atoms with Crippen LogP contribution in [0.25, 0.3) is 0 Å². The van der Waals surface area contributed by atoms with Crippen LogP contribution in [0.5, 0.6) is 5.75 Å². The standard InChI is InChI=1S/C13H21N3O2/c1-16-3-4-18-13(9-16)8-15-11-5-10(14)6-12(7-11)17-2/h5-7,13,15H,3-4,8-9,14H2,1-2H3. The average Bonchev–Trinajstić information content (AvgIpc) is 2.36. The monoisotopic (exact) mass is 251 g/mol. The highest BCUT2D eigenvalue weighted by atomic mass is 16.5. The molecule has 5 nitrogen and oxygen atoms in total. The Balaban J connectivity index is 1.91. The Bertz CT molecular complexity index is 398. The second-order valence-electron chi connectivity index (χ2n) is 4.63. The summed E-state index contributed by atoms with van der Waals surface area (Å²) < 4.78 is 10.9. The first-order valence-corrected chi connectivity index (χ1v) is 6.16. The van der Waals surface area contributed by atoms with Crippen molar-refractivity contribution in [1.82, 2.24) is 4.90 Å². The van der Waals surface area contributed by atoms with Crippen LogP contribution in [-0.2, 0) is 4.74 Å². The number of benzene rings is 1. The lowest BCUT2D eigenvalue weighted by Crippen LogP contribution is -2.43. The Labute approximate surface area is 108 Å². The number of hydrogen-bond acceptors (Lipinski definition) is 5. The minimum atomic E-state index is 0.219. The number of nitrogens with zero attached hydrogens (tertiary/aromatic N) is 1. The molecule has 0 aliphatic carbocycles. The number of methoxy groups -OCH3 is 1. The Hall–Kier alpha value is -1.46. The summed E-state index contributed by atoms with van der Waals surface area (Å²) in [6.45, 7) is 3.52. The van der Waals surface area contributed by atoms with E-state index in [0.29, 0.717) is 5.69 Å². The van der Waals surface area contributed by atoms with Crippen LogP contribution in [0.15, 0.2) is 18.2 Å². The minimum Gasteiger partial charge on any atom is -0.497 e. The summed E-state index contributed by atoms with van der Waals surface area (Å²) >= 11 is 0. The van der Waals surface area contributed by atoms with Gasteiger partial charge in [0.25, 0.3) is 0 Å². The summed E-state index contributed by atoms with van der Waals surface area (Å²) in [5.41, 5.74) is 7.46. The molecule has 1 aliphatic rings. The van der Waals surface area contributed by atoms with Gasteiger partial charge in [0.05, 0.1) is 19.8 Å². The van der Waals surface area contributed by atoms with E-state index in [4.69, 9.17) is 15.2 Å². The third kappa shape index (κ3) is 3.51. The van der Waals surface area contributed by atoms with Crippen LogP contribution in [0.2, 0.25) is 0 Å². The summed E-state index contributed by atoms with van der Waals surface area (Å²) in [5, 5.41) is 3.34. The second-order valence-corrected chi connectivity index (χ2v) is 4.63. The van der Waals surface area contributed by atoms with E-state index in [-0.39, 0.29) is 6.10 Å². The van der Waals surface area contributed by atoms with Crippen molar-refractivity contribution in [3.63, 3.8) is 0 Å². The predicted molar refractivity (Wildman–Crippen MR) is 73.1 cm³/mol. The van der Waals surface area contributed by atoms with E-state index in [1.165, 1.54) is 0 Å². The van der Waals surface area contributed by atoms with Crippen LogP contribution in [0.3, 0.4) is 0 Å². The van der Waals surface area contributed by atoms with Gasteiger partial charge >= 0.3 is 0 Å². The minimum absolute atomic E-state index is 0.219. The van der Waals surface area contributed by atoms with E-state index in [1.807, 2.05) is 12.1 Å². The molecule has 1 aromatic carbocycles. The maximum atomic E-state index is 5.81. The summed E-state index contributed by atoms with van der Waals surface area (Å²) in [6.07, 6.45) is 0.219. The number of nitrogen functional groups attached to an aromatic ring is 1. The average molecular weight is 251 g/mol. The van der Waals surface area contributed by atoms with Crippen molar-refractivity contribution in [3.8, 4) is 5.75 Å². The highest BCUT2D eigenvalue weighted by molar-refractivity contribution is 5.59. The van der Waals surface area contributed by atoms with E-state index >= 15 is 0 Å². The molecule has 2 rings (SSSR count). The first-order chi connectivity index (χ1) is 8.67. The zero-order valence-corrected chi connectivity index (χ0v) is 11.0. The Kier molecular flexibility index (Phi) is 4.28. The topological polar surface area (TPSA) is 59.8 Å². The third-order valence-corrected chi connectivity index (χ3v) is 3.04. The highest BCUT2D eigenvalue weighted by Crippen LogP contribution is 2.22. The maximum absolute atomic E-state index is 5.81. The normalized spacial score (nSPS) is 20.7.